The van der Waals surface area contributed by atoms with E-state index in [2.05, 4.69) is 14.8 Å². The van der Waals surface area contributed by atoms with Crippen LogP contribution in [-0.2, 0) is 9.47 Å². The van der Waals surface area contributed by atoms with Gasteiger partial charge in [-0.3, -0.25) is 0 Å². The van der Waals surface area contributed by atoms with Crippen molar-refractivity contribution < 1.29 is 19.4 Å². The molecule has 13 heavy (non-hydrogen) atoms. The number of rotatable bonds is 5. The number of carbonyl (C=O) groups excluding carboxylic acids is 1. The van der Waals surface area contributed by atoms with Gasteiger partial charge < -0.3 is 25.6 Å². The number of aliphatic hydroxyl groups excluding tert-OH is 1. The van der Waals surface area contributed by atoms with Gasteiger partial charge in [0.25, 0.3) is 0 Å². The highest BCUT2D eigenvalue weighted by Gasteiger charge is 2.13. The van der Waals surface area contributed by atoms with Crippen molar-refractivity contribution in [2.45, 2.75) is 18.8 Å². The van der Waals surface area contributed by atoms with Gasteiger partial charge in [-0.2, -0.15) is 0 Å². The summed E-state index contributed by atoms with van der Waals surface area (Å²) in [4.78, 5) is 10.6. The third-order valence-corrected chi connectivity index (χ3v) is 1.54. The lowest BCUT2D eigenvalue weighted by molar-refractivity contribution is -0.0903. The normalized spacial score (nSPS) is 14.8. The molecule has 1 amide bonds. The fourth-order valence-corrected chi connectivity index (χ4v) is 0.730. The summed E-state index contributed by atoms with van der Waals surface area (Å²) < 4.78 is 8.92. The fourth-order valence-electron chi connectivity index (χ4n) is 0.730. The van der Waals surface area contributed by atoms with Gasteiger partial charge in [-0.1, -0.05) is 0 Å². The van der Waals surface area contributed by atoms with Crippen molar-refractivity contribution in [3.8, 4) is 0 Å². The van der Waals surface area contributed by atoms with Crippen LogP contribution in [0.1, 0.15) is 6.42 Å². The first-order chi connectivity index (χ1) is 6.11. The summed E-state index contributed by atoms with van der Waals surface area (Å²) in [6.07, 6.45) is -1.09. The molecule has 2 atom stereocenters. The van der Waals surface area contributed by atoms with E-state index in [0.29, 0.717) is 13.0 Å². The topological polar surface area (TPSA) is 93.8 Å². The van der Waals surface area contributed by atoms with Crippen molar-refractivity contribution >= 4 is 6.09 Å². The molecule has 0 rings (SSSR count). The Labute approximate surface area is 77.0 Å². The van der Waals surface area contributed by atoms with Gasteiger partial charge >= 0.3 is 6.09 Å². The highest BCUT2D eigenvalue weighted by molar-refractivity contribution is 5.66. The van der Waals surface area contributed by atoms with Crippen molar-refractivity contribution in [1.82, 2.24) is 5.32 Å². The van der Waals surface area contributed by atoms with E-state index in [-0.39, 0.29) is 0 Å². The van der Waals surface area contributed by atoms with Crippen molar-refractivity contribution in [1.29, 1.82) is 0 Å². The highest BCUT2D eigenvalue weighted by Crippen LogP contribution is 1.95. The first kappa shape index (κ1) is 12.2. The second-order valence-electron chi connectivity index (χ2n) is 2.50. The fraction of sp³-hybridized carbons (Fsp3) is 0.857. The molecular weight excluding hydrogens is 176 g/mol. The predicted molar refractivity (Wildman–Crippen MR) is 46.0 cm³/mol. The largest absolute Gasteiger partial charge is 0.453 e. The molecule has 0 aliphatic heterocycles. The number of ether oxygens (including phenoxy) is 2. The molecule has 0 aliphatic rings. The van der Waals surface area contributed by atoms with Crippen molar-refractivity contribution in [3.05, 3.63) is 0 Å². The summed E-state index contributed by atoms with van der Waals surface area (Å²) in [5.41, 5.74) is 5.49. The number of alkyl carbamates (subject to hydrolysis) is 1. The zero-order valence-electron chi connectivity index (χ0n) is 7.82. The minimum atomic E-state index is -1.00. The molecule has 78 valence electrons. The zero-order valence-corrected chi connectivity index (χ0v) is 7.82. The third-order valence-electron chi connectivity index (χ3n) is 1.54. The van der Waals surface area contributed by atoms with Gasteiger partial charge in [-0.25, -0.2) is 4.79 Å². The van der Waals surface area contributed by atoms with E-state index in [1.54, 1.807) is 0 Å². The Bertz CT molecular complexity index is 153. The summed E-state index contributed by atoms with van der Waals surface area (Å²) >= 11 is 0. The molecule has 0 saturated heterocycles. The Hall–Kier alpha value is -0.850. The molecule has 0 aromatic heterocycles. The highest BCUT2D eigenvalue weighted by atomic mass is 16.6. The standard InChI is InChI=1S/C7H16N2O4/c1-12-6(10)5(8)3-4-9-7(11)13-2/h5-6,10H,3-4,8H2,1-2H3,(H,9,11)/t5-,6?/m0/s1. The monoisotopic (exact) mass is 192 g/mol. The van der Waals surface area contributed by atoms with Crippen LogP contribution < -0.4 is 11.1 Å². The van der Waals surface area contributed by atoms with Crippen LogP contribution in [0, 0.1) is 0 Å². The lowest BCUT2D eigenvalue weighted by atomic mass is 10.2. The summed E-state index contributed by atoms with van der Waals surface area (Å²) in [6, 6.07) is -0.512. The Balaban J connectivity index is 3.47. The van der Waals surface area contributed by atoms with Gasteiger partial charge in [0.2, 0.25) is 0 Å². The maximum Gasteiger partial charge on any atom is 0.406 e. The number of carbonyl (C=O) groups is 1. The quantitative estimate of drug-likeness (QED) is 0.487. The summed E-state index contributed by atoms with van der Waals surface area (Å²) in [5, 5.41) is 11.5. The number of amides is 1. The SMILES string of the molecule is COC(=O)NCC[C@H](N)C(O)OC. The summed E-state index contributed by atoms with van der Waals surface area (Å²) in [6.45, 7) is 0.342. The Kier molecular flexibility index (Phi) is 6.21. The average Bonchev–Trinajstić information content (AvgIpc) is 2.15. The van der Waals surface area contributed by atoms with Crippen molar-refractivity contribution in [2.75, 3.05) is 20.8 Å². The molecule has 6 heteroatoms. The van der Waals surface area contributed by atoms with Crippen LogP contribution in [0.25, 0.3) is 0 Å². The van der Waals surface area contributed by atoms with Crippen LogP contribution >= 0.6 is 0 Å². The molecule has 0 radical (unpaired) electrons. The minimum Gasteiger partial charge on any atom is -0.453 e. The van der Waals surface area contributed by atoms with Crippen LogP contribution in [0.5, 0.6) is 0 Å². The van der Waals surface area contributed by atoms with E-state index in [1.807, 2.05) is 0 Å². The van der Waals surface area contributed by atoms with E-state index in [4.69, 9.17) is 10.8 Å². The Morgan fingerprint density at radius 2 is 2.23 bits per heavy atom. The van der Waals surface area contributed by atoms with E-state index < -0.39 is 18.4 Å². The van der Waals surface area contributed by atoms with Gasteiger partial charge in [0, 0.05) is 13.7 Å². The molecule has 1 unspecified atom stereocenters. The first-order valence-corrected chi connectivity index (χ1v) is 3.90. The molecule has 0 bridgehead atoms. The summed E-state index contributed by atoms with van der Waals surface area (Å²) in [7, 11) is 2.64. The third kappa shape index (κ3) is 5.40. The van der Waals surface area contributed by atoms with Crippen molar-refractivity contribution in [2.24, 2.45) is 5.73 Å². The second-order valence-corrected chi connectivity index (χ2v) is 2.50. The Morgan fingerprint density at radius 3 is 2.69 bits per heavy atom. The van der Waals surface area contributed by atoms with Gasteiger partial charge in [0.15, 0.2) is 6.29 Å². The molecular formula is C7H16N2O4. The van der Waals surface area contributed by atoms with Crippen LogP contribution in [0.3, 0.4) is 0 Å². The first-order valence-electron chi connectivity index (χ1n) is 3.90. The van der Waals surface area contributed by atoms with Gasteiger partial charge in [-0.05, 0) is 6.42 Å². The molecule has 4 N–H and O–H groups in total. The van der Waals surface area contributed by atoms with Crippen LogP contribution in [0.15, 0.2) is 0 Å². The second kappa shape index (κ2) is 6.64. The van der Waals surface area contributed by atoms with E-state index in [0.717, 1.165) is 0 Å². The molecule has 0 saturated carbocycles. The van der Waals surface area contributed by atoms with E-state index >= 15 is 0 Å². The molecule has 0 spiro atoms. The molecule has 0 aliphatic carbocycles. The van der Waals surface area contributed by atoms with Crippen LogP contribution in [0.2, 0.25) is 0 Å². The van der Waals surface area contributed by atoms with Gasteiger partial charge in [0.05, 0.1) is 13.2 Å². The maximum absolute atomic E-state index is 10.6. The van der Waals surface area contributed by atoms with Gasteiger partial charge in [-0.15, -0.1) is 0 Å². The number of hydrogen-bond donors (Lipinski definition) is 3. The number of nitrogens with two attached hydrogens (primary N) is 1. The molecule has 0 heterocycles. The van der Waals surface area contributed by atoms with Gasteiger partial charge in [0.1, 0.15) is 0 Å². The molecule has 0 aromatic carbocycles. The lowest BCUT2D eigenvalue weighted by Gasteiger charge is -2.16. The number of methoxy groups -OCH3 is 2. The van der Waals surface area contributed by atoms with Crippen molar-refractivity contribution in [3.63, 3.8) is 0 Å². The molecule has 0 aromatic rings. The average molecular weight is 192 g/mol. The number of nitrogens with one attached hydrogen (secondary N) is 1. The maximum atomic E-state index is 10.6. The molecule has 0 fully saturated rings. The zero-order chi connectivity index (χ0) is 10.3. The minimum absolute atomic E-state index is 0.342. The van der Waals surface area contributed by atoms with Crippen LogP contribution in [-0.4, -0.2) is 44.3 Å². The van der Waals surface area contributed by atoms with E-state index in [1.165, 1.54) is 14.2 Å². The number of hydrogen-bond acceptors (Lipinski definition) is 5. The van der Waals surface area contributed by atoms with Crippen LogP contribution in [0.4, 0.5) is 4.79 Å². The predicted octanol–water partition coefficient (Wildman–Crippen LogP) is -0.975. The Morgan fingerprint density at radius 1 is 1.62 bits per heavy atom. The number of aliphatic hydroxyl groups is 1. The van der Waals surface area contributed by atoms with E-state index in [9.17, 15) is 4.79 Å². The smallest absolute Gasteiger partial charge is 0.406 e. The lowest BCUT2D eigenvalue weighted by Crippen LogP contribution is -2.39. The molecule has 6 nitrogen and oxygen atoms in total. The summed E-state index contributed by atoms with van der Waals surface area (Å²) in [5.74, 6) is 0.